The van der Waals surface area contributed by atoms with Gasteiger partial charge in [0.05, 0.1) is 12.6 Å². The molecule has 25 heavy (non-hydrogen) atoms. The molecule has 3 amide bonds. The van der Waals surface area contributed by atoms with Gasteiger partial charge in [-0.25, -0.2) is 4.79 Å². The molecule has 1 aromatic rings. The molecule has 0 radical (unpaired) electrons. The average Bonchev–Trinajstić information content (AvgIpc) is 2.57. The smallest absolute Gasteiger partial charge is 0.319 e. The molecule has 1 aliphatic heterocycles. The van der Waals surface area contributed by atoms with Gasteiger partial charge in [-0.3, -0.25) is 4.79 Å². The second-order valence-corrected chi connectivity index (χ2v) is 6.53. The number of aliphatic hydroxyl groups is 1. The molecule has 1 aliphatic rings. The highest BCUT2D eigenvalue weighted by atomic mass is 16.5. The van der Waals surface area contributed by atoms with Crippen LogP contribution >= 0.6 is 0 Å². The normalized spacial score (nSPS) is 20.7. The van der Waals surface area contributed by atoms with Crippen LogP contribution in [0.3, 0.4) is 0 Å². The van der Waals surface area contributed by atoms with E-state index < -0.39 is 6.04 Å². The van der Waals surface area contributed by atoms with Gasteiger partial charge in [-0.15, -0.1) is 0 Å². The first-order chi connectivity index (χ1) is 12.0. The molecule has 138 valence electrons. The summed E-state index contributed by atoms with van der Waals surface area (Å²) in [6.45, 7) is 6.90. The van der Waals surface area contributed by atoms with Gasteiger partial charge in [0, 0.05) is 18.8 Å². The summed E-state index contributed by atoms with van der Waals surface area (Å²) in [5.41, 5.74) is 1.53. The molecular weight excluding hydrogens is 322 g/mol. The number of carbonyl (C=O) groups is 2. The van der Waals surface area contributed by atoms with Gasteiger partial charge in [-0.05, 0) is 30.5 Å². The summed E-state index contributed by atoms with van der Waals surface area (Å²) < 4.78 is 5.70. The third-order valence-corrected chi connectivity index (χ3v) is 4.04. The van der Waals surface area contributed by atoms with Crippen molar-refractivity contribution in [2.75, 3.05) is 31.6 Å². The number of nitrogens with zero attached hydrogens (tertiary/aromatic N) is 1. The Morgan fingerprint density at radius 1 is 1.36 bits per heavy atom. The van der Waals surface area contributed by atoms with Crippen LogP contribution in [-0.4, -0.2) is 54.3 Å². The zero-order chi connectivity index (χ0) is 18.4. The molecule has 1 aromatic carbocycles. The third kappa shape index (κ3) is 4.93. The van der Waals surface area contributed by atoms with Gasteiger partial charge >= 0.3 is 6.03 Å². The first kappa shape index (κ1) is 19.2. The number of nitrogens with one attached hydrogen (secondary N) is 2. The first-order valence-electron chi connectivity index (χ1n) is 8.63. The van der Waals surface area contributed by atoms with Gasteiger partial charge in [0.2, 0.25) is 5.91 Å². The maximum absolute atomic E-state index is 12.1. The highest BCUT2D eigenvalue weighted by molar-refractivity contribution is 5.89. The Balaban J connectivity index is 2.13. The van der Waals surface area contributed by atoms with Crippen molar-refractivity contribution in [1.82, 2.24) is 10.2 Å². The van der Waals surface area contributed by atoms with Crippen LogP contribution in [0.5, 0.6) is 0 Å². The Hall–Kier alpha value is -2.12. The molecular formula is C18H27N3O4. The van der Waals surface area contributed by atoms with Gasteiger partial charge in [0.15, 0.2) is 0 Å². The zero-order valence-electron chi connectivity index (χ0n) is 15.0. The van der Waals surface area contributed by atoms with Crippen LogP contribution < -0.4 is 10.6 Å². The molecule has 0 aromatic heterocycles. The lowest BCUT2D eigenvalue weighted by Crippen LogP contribution is -2.53. The van der Waals surface area contributed by atoms with Gasteiger partial charge in [-0.2, -0.15) is 0 Å². The molecule has 3 N–H and O–H groups in total. The van der Waals surface area contributed by atoms with Gasteiger partial charge in [0.25, 0.3) is 0 Å². The molecule has 0 saturated carbocycles. The second kappa shape index (κ2) is 8.82. The number of hydrogen-bond donors (Lipinski definition) is 3. The predicted molar refractivity (Wildman–Crippen MR) is 95.3 cm³/mol. The Morgan fingerprint density at radius 3 is 2.60 bits per heavy atom. The molecule has 0 bridgehead atoms. The Morgan fingerprint density at radius 2 is 2.04 bits per heavy atom. The van der Waals surface area contributed by atoms with Crippen LogP contribution in [0.1, 0.15) is 32.4 Å². The van der Waals surface area contributed by atoms with E-state index in [9.17, 15) is 14.7 Å². The maximum Gasteiger partial charge on any atom is 0.319 e. The van der Waals surface area contributed by atoms with Crippen molar-refractivity contribution < 1.29 is 19.4 Å². The predicted octanol–water partition coefficient (Wildman–Crippen LogP) is 1.74. The van der Waals surface area contributed by atoms with Gasteiger partial charge < -0.3 is 25.4 Å². The van der Waals surface area contributed by atoms with Crippen molar-refractivity contribution in [2.24, 2.45) is 5.92 Å². The fourth-order valence-corrected chi connectivity index (χ4v) is 2.94. The fraction of sp³-hybridized carbons (Fsp3) is 0.556. The van der Waals surface area contributed by atoms with E-state index in [0.717, 1.165) is 5.56 Å². The lowest BCUT2D eigenvalue weighted by Gasteiger charge is -2.41. The topological polar surface area (TPSA) is 90.9 Å². The van der Waals surface area contributed by atoms with Crippen molar-refractivity contribution >= 4 is 17.6 Å². The minimum Gasteiger partial charge on any atom is -0.394 e. The third-order valence-electron chi connectivity index (χ3n) is 4.04. The van der Waals surface area contributed by atoms with E-state index in [2.05, 4.69) is 10.6 Å². The van der Waals surface area contributed by atoms with Gasteiger partial charge in [0.1, 0.15) is 12.7 Å². The Labute approximate surface area is 148 Å². The van der Waals surface area contributed by atoms with Crippen LogP contribution in [0.15, 0.2) is 24.3 Å². The highest BCUT2D eigenvalue weighted by Crippen LogP contribution is 2.30. The van der Waals surface area contributed by atoms with Crippen LogP contribution in [0, 0.1) is 5.92 Å². The van der Waals surface area contributed by atoms with E-state index in [0.29, 0.717) is 24.7 Å². The fourth-order valence-electron chi connectivity index (χ4n) is 2.94. The second-order valence-electron chi connectivity index (χ2n) is 6.53. The number of amides is 3. The SMILES string of the molecule is CCNC(=O)Nc1ccc([C@H]2OCC(=O)N(CC(C)C)[C@@H]2CO)cc1. The molecule has 0 aliphatic carbocycles. The van der Waals surface area contributed by atoms with Crippen molar-refractivity contribution in [2.45, 2.75) is 32.9 Å². The van der Waals surface area contributed by atoms with E-state index in [4.69, 9.17) is 4.74 Å². The number of carbonyl (C=O) groups excluding carboxylic acids is 2. The van der Waals surface area contributed by atoms with Crippen LogP contribution in [-0.2, 0) is 9.53 Å². The van der Waals surface area contributed by atoms with E-state index >= 15 is 0 Å². The van der Waals surface area contributed by atoms with Gasteiger partial charge in [-0.1, -0.05) is 26.0 Å². The van der Waals surface area contributed by atoms with Crippen molar-refractivity contribution in [3.63, 3.8) is 0 Å². The molecule has 1 fully saturated rings. The average molecular weight is 349 g/mol. The molecule has 7 nitrogen and oxygen atoms in total. The number of anilines is 1. The number of aliphatic hydroxyl groups excluding tert-OH is 1. The first-order valence-corrected chi connectivity index (χ1v) is 8.63. The van der Waals surface area contributed by atoms with E-state index in [1.54, 1.807) is 17.0 Å². The molecule has 7 heteroatoms. The standard InChI is InChI=1S/C18H27N3O4/c1-4-19-18(24)20-14-7-5-13(6-8-14)17-15(10-22)21(9-12(2)3)16(23)11-25-17/h5-8,12,15,17,22H,4,9-11H2,1-3H3,(H2,19,20,24)/t15-,17-/m1/s1. The molecule has 0 unspecified atom stereocenters. The lowest BCUT2D eigenvalue weighted by atomic mass is 9.98. The van der Waals surface area contributed by atoms with E-state index in [-0.39, 0.29) is 31.3 Å². The number of morpholine rings is 1. The summed E-state index contributed by atoms with van der Waals surface area (Å²) in [5, 5.41) is 15.2. The Bertz CT molecular complexity index is 588. The number of rotatable bonds is 6. The lowest BCUT2D eigenvalue weighted by molar-refractivity contribution is -0.161. The summed E-state index contributed by atoms with van der Waals surface area (Å²) in [5.74, 6) is 0.207. The summed E-state index contributed by atoms with van der Waals surface area (Å²) >= 11 is 0. The number of urea groups is 1. The molecule has 2 atom stereocenters. The largest absolute Gasteiger partial charge is 0.394 e. The molecule has 1 saturated heterocycles. The summed E-state index contributed by atoms with van der Waals surface area (Å²) in [6, 6.07) is 6.59. The minimum atomic E-state index is -0.411. The molecule has 2 rings (SSSR count). The van der Waals surface area contributed by atoms with Crippen LogP contribution in [0.25, 0.3) is 0 Å². The van der Waals surface area contributed by atoms with E-state index in [1.165, 1.54) is 0 Å². The summed E-state index contributed by atoms with van der Waals surface area (Å²) in [7, 11) is 0. The summed E-state index contributed by atoms with van der Waals surface area (Å²) in [4.78, 5) is 25.4. The maximum atomic E-state index is 12.1. The van der Waals surface area contributed by atoms with Crippen molar-refractivity contribution in [3.05, 3.63) is 29.8 Å². The number of hydrogen-bond acceptors (Lipinski definition) is 4. The summed E-state index contributed by atoms with van der Waals surface area (Å²) in [6.07, 6.45) is -0.389. The molecule has 1 heterocycles. The Kier molecular flexibility index (Phi) is 6.78. The minimum absolute atomic E-state index is 0.00674. The zero-order valence-corrected chi connectivity index (χ0v) is 15.0. The van der Waals surface area contributed by atoms with Crippen LogP contribution in [0.4, 0.5) is 10.5 Å². The molecule has 0 spiro atoms. The number of ether oxygens (including phenoxy) is 1. The quantitative estimate of drug-likeness (QED) is 0.730. The highest BCUT2D eigenvalue weighted by Gasteiger charge is 2.37. The van der Waals surface area contributed by atoms with E-state index in [1.807, 2.05) is 32.9 Å². The van der Waals surface area contributed by atoms with Crippen molar-refractivity contribution in [1.29, 1.82) is 0 Å². The number of benzene rings is 1. The van der Waals surface area contributed by atoms with Crippen molar-refractivity contribution in [3.8, 4) is 0 Å². The monoisotopic (exact) mass is 349 g/mol. The van der Waals surface area contributed by atoms with Crippen LogP contribution in [0.2, 0.25) is 0 Å².